The Bertz CT molecular complexity index is 438. The molecule has 0 aliphatic rings. The van der Waals surface area contributed by atoms with Gasteiger partial charge in [0.15, 0.2) is 0 Å². The molecule has 0 aliphatic heterocycles. The van der Waals surface area contributed by atoms with Crippen molar-refractivity contribution in [2.75, 3.05) is 0 Å². The van der Waals surface area contributed by atoms with E-state index in [9.17, 15) is 4.79 Å². The highest BCUT2D eigenvalue weighted by Crippen LogP contribution is 2.26. The van der Waals surface area contributed by atoms with Crippen LogP contribution in [0.3, 0.4) is 0 Å². The van der Waals surface area contributed by atoms with Crippen LogP contribution in [0.2, 0.25) is 0 Å². The Kier molecular flexibility index (Phi) is 4.95. The largest absolute Gasteiger partial charge is 0.490 e. The lowest BCUT2D eigenvalue weighted by molar-refractivity contribution is -0.131. The first-order valence-electron chi connectivity index (χ1n) is 6.04. The van der Waals surface area contributed by atoms with Gasteiger partial charge in [0.2, 0.25) is 0 Å². The maximum Gasteiger partial charge on any atom is 0.327 e. The summed E-state index contributed by atoms with van der Waals surface area (Å²) in [6, 6.07) is 4.17. The normalized spacial score (nSPS) is 12.7. The highest BCUT2D eigenvalue weighted by Gasteiger charge is 2.08. The fraction of sp³-hybridized carbons (Fsp3) is 0.400. The third-order valence-electron chi connectivity index (χ3n) is 2.65. The summed E-state index contributed by atoms with van der Waals surface area (Å²) in [5, 5.41) is 8.51. The second kappa shape index (κ2) is 6.24. The van der Waals surface area contributed by atoms with Crippen LogP contribution in [0.15, 0.2) is 24.3 Å². The van der Waals surface area contributed by atoms with E-state index in [4.69, 9.17) is 9.84 Å². The van der Waals surface area contributed by atoms with Crippen molar-refractivity contribution in [2.45, 2.75) is 40.2 Å². The molecule has 1 aromatic rings. The highest BCUT2D eigenvalue weighted by atomic mass is 16.5. The molecule has 98 valence electrons. The van der Waals surface area contributed by atoms with Gasteiger partial charge in [0.05, 0.1) is 6.10 Å². The Labute approximate surface area is 108 Å². The van der Waals surface area contributed by atoms with Crippen molar-refractivity contribution in [3.8, 4) is 5.75 Å². The Morgan fingerprint density at radius 1 is 1.33 bits per heavy atom. The quantitative estimate of drug-likeness (QED) is 0.812. The van der Waals surface area contributed by atoms with Crippen molar-refractivity contribution in [1.82, 2.24) is 0 Å². The third kappa shape index (κ3) is 4.24. The molecule has 0 amide bonds. The highest BCUT2D eigenvalue weighted by molar-refractivity contribution is 5.79. The second-order valence-corrected chi connectivity index (χ2v) is 4.63. The molecule has 0 aliphatic carbocycles. The molecule has 0 saturated heterocycles. The molecule has 1 unspecified atom stereocenters. The Balaban J connectivity index is 2.70. The number of carboxylic acid groups (broad SMARTS) is 1. The molecule has 1 rings (SSSR count). The van der Waals surface area contributed by atoms with Crippen molar-refractivity contribution in [1.29, 1.82) is 0 Å². The van der Waals surface area contributed by atoms with E-state index in [1.807, 2.05) is 20.8 Å². The van der Waals surface area contributed by atoms with Gasteiger partial charge in [0, 0.05) is 12.5 Å². The van der Waals surface area contributed by atoms with Crippen LogP contribution in [0.25, 0.3) is 0 Å². The third-order valence-corrected chi connectivity index (χ3v) is 2.65. The molecule has 1 atom stereocenters. The fourth-order valence-corrected chi connectivity index (χ4v) is 1.96. The van der Waals surface area contributed by atoms with Crippen molar-refractivity contribution in [2.24, 2.45) is 0 Å². The lowest BCUT2D eigenvalue weighted by atomic mass is 10.1. The zero-order valence-electron chi connectivity index (χ0n) is 11.4. The molecular formula is C15H20O3. The average Bonchev–Trinajstić information content (AvgIpc) is 2.22. The van der Waals surface area contributed by atoms with E-state index in [-0.39, 0.29) is 6.10 Å². The van der Waals surface area contributed by atoms with Gasteiger partial charge in [-0.3, -0.25) is 0 Å². The van der Waals surface area contributed by atoms with Gasteiger partial charge in [0.25, 0.3) is 0 Å². The number of aryl methyl sites for hydroxylation is 3. The molecule has 1 N–H and O–H groups in total. The molecule has 3 nitrogen and oxygen atoms in total. The summed E-state index contributed by atoms with van der Waals surface area (Å²) < 4.78 is 5.87. The van der Waals surface area contributed by atoms with Crippen LogP contribution in [-0.4, -0.2) is 17.2 Å². The van der Waals surface area contributed by atoms with E-state index in [0.29, 0.717) is 6.42 Å². The van der Waals surface area contributed by atoms with E-state index in [1.54, 1.807) is 6.08 Å². The lowest BCUT2D eigenvalue weighted by Crippen LogP contribution is -2.12. The molecule has 3 heteroatoms. The standard InChI is InChI=1S/C15H20O3/c1-10-8-11(2)15(12(3)9-10)18-13(4)6-5-7-14(16)17/h5,7-9,13H,6H2,1-4H3,(H,16,17)/b7-5+. The molecule has 0 heterocycles. The number of hydrogen-bond donors (Lipinski definition) is 1. The maximum atomic E-state index is 10.4. The van der Waals surface area contributed by atoms with Gasteiger partial charge in [-0.1, -0.05) is 23.8 Å². The summed E-state index contributed by atoms with van der Waals surface area (Å²) in [7, 11) is 0. The van der Waals surface area contributed by atoms with Crippen molar-refractivity contribution in [3.63, 3.8) is 0 Å². The Morgan fingerprint density at radius 2 is 1.89 bits per heavy atom. The molecule has 0 fully saturated rings. The summed E-state index contributed by atoms with van der Waals surface area (Å²) in [4.78, 5) is 10.4. The number of benzene rings is 1. The Morgan fingerprint density at radius 3 is 2.39 bits per heavy atom. The molecule has 0 aromatic heterocycles. The minimum atomic E-state index is -0.926. The summed E-state index contributed by atoms with van der Waals surface area (Å²) in [6.45, 7) is 8.04. The van der Waals surface area contributed by atoms with Crippen molar-refractivity contribution < 1.29 is 14.6 Å². The number of carboxylic acids is 1. The van der Waals surface area contributed by atoms with Crippen LogP contribution >= 0.6 is 0 Å². The van der Waals surface area contributed by atoms with E-state index in [1.165, 1.54) is 5.56 Å². The monoisotopic (exact) mass is 248 g/mol. The minimum Gasteiger partial charge on any atom is -0.490 e. The minimum absolute atomic E-state index is 0.0410. The summed E-state index contributed by atoms with van der Waals surface area (Å²) >= 11 is 0. The van der Waals surface area contributed by atoms with Crippen LogP contribution in [-0.2, 0) is 4.79 Å². The van der Waals surface area contributed by atoms with Gasteiger partial charge in [-0.2, -0.15) is 0 Å². The van der Waals surface area contributed by atoms with E-state index >= 15 is 0 Å². The molecule has 1 aromatic carbocycles. The first-order chi connectivity index (χ1) is 8.40. The number of carbonyl (C=O) groups is 1. The molecule has 18 heavy (non-hydrogen) atoms. The van der Waals surface area contributed by atoms with Crippen LogP contribution < -0.4 is 4.74 Å². The van der Waals surface area contributed by atoms with Crippen LogP contribution in [0.1, 0.15) is 30.0 Å². The predicted octanol–water partition coefficient (Wildman–Crippen LogP) is 3.41. The van der Waals surface area contributed by atoms with Crippen LogP contribution in [0, 0.1) is 20.8 Å². The number of hydrogen-bond acceptors (Lipinski definition) is 2. The maximum absolute atomic E-state index is 10.4. The average molecular weight is 248 g/mol. The van der Waals surface area contributed by atoms with Crippen molar-refractivity contribution in [3.05, 3.63) is 41.0 Å². The van der Waals surface area contributed by atoms with Gasteiger partial charge in [-0.15, -0.1) is 0 Å². The molecule has 0 radical (unpaired) electrons. The van der Waals surface area contributed by atoms with E-state index < -0.39 is 5.97 Å². The van der Waals surface area contributed by atoms with Gasteiger partial charge in [-0.05, 0) is 38.8 Å². The van der Waals surface area contributed by atoms with Crippen molar-refractivity contribution >= 4 is 5.97 Å². The SMILES string of the molecule is Cc1cc(C)c(OC(C)C/C=C/C(=O)O)c(C)c1. The number of aliphatic carboxylic acids is 1. The molecular weight excluding hydrogens is 228 g/mol. The summed E-state index contributed by atoms with van der Waals surface area (Å²) in [5.41, 5.74) is 3.44. The van der Waals surface area contributed by atoms with E-state index in [2.05, 4.69) is 19.1 Å². The Hall–Kier alpha value is -1.77. The summed E-state index contributed by atoms with van der Waals surface area (Å²) in [6.07, 6.45) is 3.31. The second-order valence-electron chi connectivity index (χ2n) is 4.63. The zero-order valence-corrected chi connectivity index (χ0v) is 11.4. The van der Waals surface area contributed by atoms with Gasteiger partial charge >= 0.3 is 5.97 Å². The van der Waals surface area contributed by atoms with Crippen LogP contribution in [0.5, 0.6) is 5.75 Å². The summed E-state index contributed by atoms with van der Waals surface area (Å²) in [5.74, 6) is -0.0262. The predicted molar refractivity (Wildman–Crippen MR) is 72.1 cm³/mol. The van der Waals surface area contributed by atoms with Gasteiger partial charge in [-0.25, -0.2) is 4.79 Å². The van der Waals surface area contributed by atoms with Crippen LogP contribution in [0.4, 0.5) is 0 Å². The molecule has 0 spiro atoms. The number of rotatable bonds is 5. The zero-order chi connectivity index (χ0) is 13.7. The molecule has 0 bridgehead atoms. The van der Waals surface area contributed by atoms with Gasteiger partial charge < -0.3 is 9.84 Å². The lowest BCUT2D eigenvalue weighted by Gasteiger charge is -2.17. The smallest absolute Gasteiger partial charge is 0.327 e. The molecule has 0 saturated carbocycles. The van der Waals surface area contributed by atoms with E-state index in [0.717, 1.165) is 23.0 Å². The van der Waals surface area contributed by atoms with Gasteiger partial charge in [0.1, 0.15) is 5.75 Å². The first kappa shape index (κ1) is 14.3. The fourth-order valence-electron chi connectivity index (χ4n) is 1.96. The first-order valence-corrected chi connectivity index (χ1v) is 6.04. The number of ether oxygens (including phenoxy) is 1. The topological polar surface area (TPSA) is 46.5 Å².